The Morgan fingerprint density at radius 2 is 1.83 bits per heavy atom. The van der Waals surface area contributed by atoms with Crippen LogP contribution in [0.5, 0.6) is 5.75 Å². The van der Waals surface area contributed by atoms with Gasteiger partial charge in [-0.1, -0.05) is 30.3 Å². The van der Waals surface area contributed by atoms with E-state index in [9.17, 15) is 4.79 Å². The number of carbonyl (C=O) groups excluding carboxylic acids is 1. The van der Waals surface area contributed by atoms with Gasteiger partial charge in [0.25, 0.3) is 5.91 Å². The van der Waals surface area contributed by atoms with Gasteiger partial charge in [0.05, 0.1) is 19.0 Å². The molecule has 30 heavy (non-hydrogen) atoms. The quantitative estimate of drug-likeness (QED) is 0.531. The van der Waals surface area contributed by atoms with Crippen LogP contribution in [0.4, 0.5) is 0 Å². The Morgan fingerprint density at radius 1 is 1.00 bits per heavy atom. The zero-order valence-corrected chi connectivity index (χ0v) is 16.9. The summed E-state index contributed by atoms with van der Waals surface area (Å²) in [6.07, 6.45) is 5.46. The van der Waals surface area contributed by atoms with Crippen LogP contribution in [0, 0.1) is 0 Å². The van der Waals surface area contributed by atoms with E-state index in [2.05, 4.69) is 15.4 Å². The molecule has 0 atom stereocenters. The van der Waals surface area contributed by atoms with E-state index in [1.54, 1.807) is 24.2 Å². The zero-order chi connectivity index (χ0) is 20.9. The first-order valence-electron chi connectivity index (χ1n) is 9.59. The Bertz CT molecular complexity index is 1150. The molecule has 6 nitrogen and oxygen atoms in total. The lowest BCUT2D eigenvalue weighted by Gasteiger charge is -2.08. The van der Waals surface area contributed by atoms with Crippen LogP contribution < -0.4 is 10.1 Å². The molecule has 0 saturated heterocycles. The molecule has 150 valence electrons. The first-order valence-corrected chi connectivity index (χ1v) is 9.59. The Balaban J connectivity index is 1.38. The molecule has 2 aromatic heterocycles. The number of pyridine rings is 1. The second kappa shape index (κ2) is 8.61. The van der Waals surface area contributed by atoms with Crippen LogP contribution in [-0.4, -0.2) is 27.8 Å². The molecule has 1 amide bonds. The van der Waals surface area contributed by atoms with Crippen LogP contribution in [0.15, 0.2) is 79.3 Å². The Labute approximate surface area is 175 Å². The summed E-state index contributed by atoms with van der Waals surface area (Å²) in [5.41, 5.74) is 5.43. The van der Waals surface area contributed by atoms with Gasteiger partial charge in [-0.25, -0.2) is 0 Å². The van der Waals surface area contributed by atoms with Gasteiger partial charge in [0.15, 0.2) is 0 Å². The van der Waals surface area contributed by atoms with E-state index in [0.29, 0.717) is 12.1 Å². The van der Waals surface area contributed by atoms with Crippen molar-refractivity contribution in [2.75, 3.05) is 7.11 Å². The average Bonchev–Trinajstić information content (AvgIpc) is 3.24. The Hall–Kier alpha value is -3.93. The first kappa shape index (κ1) is 19.4. The maximum absolute atomic E-state index is 12.5. The van der Waals surface area contributed by atoms with Crippen molar-refractivity contribution < 1.29 is 9.53 Å². The number of nitrogens with zero attached hydrogens (tertiary/aromatic N) is 3. The molecule has 4 rings (SSSR count). The maximum Gasteiger partial charge on any atom is 0.251 e. The molecule has 2 aromatic carbocycles. The van der Waals surface area contributed by atoms with Crippen molar-refractivity contribution in [1.82, 2.24) is 20.1 Å². The highest BCUT2D eigenvalue weighted by Crippen LogP contribution is 2.24. The number of hydrogen-bond donors (Lipinski definition) is 1. The molecule has 0 spiro atoms. The number of amides is 1. The van der Waals surface area contributed by atoms with Crippen molar-refractivity contribution in [2.24, 2.45) is 7.05 Å². The maximum atomic E-state index is 12.5. The molecular formula is C24H22N4O2. The van der Waals surface area contributed by atoms with Crippen molar-refractivity contribution in [3.05, 3.63) is 90.4 Å². The number of carbonyl (C=O) groups is 1. The number of methoxy groups -OCH3 is 1. The highest BCUT2D eigenvalue weighted by Gasteiger charge is 2.07. The number of aromatic nitrogens is 3. The molecule has 1 N–H and O–H groups in total. The molecule has 0 bridgehead atoms. The van der Waals surface area contributed by atoms with Crippen molar-refractivity contribution in [2.45, 2.75) is 6.54 Å². The molecule has 0 fully saturated rings. The number of benzene rings is 2. The van der Waals surface area contributed by atoms with E-state index in [4.69, 9.17) is 4.74 Å². The topological polar surface area (TPSA) is 69.0 Å². The molecule has 0 radical (unpaired) electrons. The van der Waals surface area contributed by atoms with Crippen molar-refractivity contribution >= 4 is 5.91 Å². The average molecular weight is 398 g/mol. The standard InChI is InChI=1S/C24H22N4O2/c1-28-16-21(15-27-28)23-11-6-17(13-25-23)14-26-24(29)19-9-7-18(8-10-19)20-4-3-5-22(12-20)30-2/h3-13,15-16H,14H2,1-2H3,(H,26,29). The molecule has 0 aliphatic carbocycles. The predicted molar refractivity (Wildman–Crippen MR) is 116 cm³/mol. The van der Waals surface area contributed by atoms with Gasteiger partial charge in [0.2, 0.25) is 0 Å². The SMILES string of the molecule is COc1cccc(-c2ccc(C(=O)NCc3ccc(-c4cnn(C)c4)nc3)cc2)c1. The number of nitrogens with one attached hydrogen (secondary N) is 1. The fourth-order valence-corrected chi connectivity index (χ4v) is 3.15. The molecule has 0 unspecified atom stereocenters. The third-order valence-corrected chi connectivity index (χ3v) is 4.83. The third kappa shape index (κ3) is 4.38. The lowest BCUT2D eigenvalue weighted by atomic mass is 10.0. The molecule has 2 heterocycles. The van der Waals surface area contributed by atoms with E-state index in [1.807, 2.05) is 73.9 Å². The highest BCUT2D eigenvalue weighted by molar-refractivity contribution is 5.94. The van der Waals surface area contributed by atoms with Crippen molar-refractivity contribution in [1.29, 1.82) is 0 Å². The number of rotatable bonds is 6. The summed E-state index contributed by atoms with van der Waals surface area (Å²) in [6, 6.07) is 19.3. The van der Waals surface area contributed by atoms with Gasteiger partial charge < -0.3 is 10.1 Å². The normalized spacial score (nSPS) is 10.6. The first-order chi connectivity index (χ1) is 14.6. The second-order valence-electron chi connectivity index (χ2n) is 6.95. The smallest absolute Gasteiger partial charge is 0.251 e. The van der Waals surface area contributed by atoms with Gasteiger partial charge in [-0.3, -0.25) is 14.5 Å². The van der Waals surface area contributed by atoms with Gasteiger partial charge in [0.1, 0.15) is 5.75 Å². The fourth-order valence-electron chi connectivity index (χ4n) is 3.15. The number of hydrogen-bond acceptors (Lipinski definition) is 4. The minimum absolute atomic E-state index is 0.122. The van der Waals surface area contributed by atoms with Crippen molar-refractivity contribution in [3.63, 3.8) is 0 Å². The lowest BCUT2D eigenvalue weighted by molar-refractivity contribution is 0.0951. The second-order valence-corrected chi connectivity index (χ2v) is 6.95. The summed E-state index contributed by atoms with van der Waals surface area (Å²) >= 11 is 0. The zero-order valence-electron chi connectivity index (χ0n) is 16.9. The van der Waals surface area contributed by atoms with E-state index >= 15 is 0 Å². The third-order valence-electron chi connectivity index (χ3n) is 4.83. The molecular weight excluding hydrogens is 376 g/mol. The fraction of sp³-hybridized carbons (Fsp3) is 0.125. The van der Waals surface area contributed by atoms with E-state index in [0.717, 1.165) is 33.7 Å². The molecule has 4 aromatic rings. The van der Waals surface area contributed by atoms with Gasteiger partial charge in [-0.05, 0) is 47.0 Å². The monoisotopic (exact) mass is 398 g/mol. The minimum atomic E-state index is -0.122. The van der Waals surface area contributed by atoms with Gasteiger partial charge in [-0.15, -0.1) is 0 Å². The number of aryl methyl sites for hydroxylation is 1. The Morgan fingerprint density at radius 3 is 2.50 bits per heavy atom. The van der Waals surface area contributed by atoms with Crippen LogP contribution in [-0.2, 0) is 13.6 Å². The van der Waals surface area contributed by atoms with Gasteiger partial charge in [-0.2, -0.15) is 5.10 Å². The van der Waals surface area contributed by atoms with Crippen LogP contribution in [0.1, 0.15) is 15.9 Å². The largest absolute Gasteiger partial charge is 0.497 e. The summed E-state index contributed by atoms with van der Waals surface area (Å²) < 4.78 is 7.01. The van der Waals surface area contributed by atoms with Crippen LogP contribution in [0.25, 0.3) is 22.4 Å². The highest BCUT2D eigenvalue weighted by atomic mass is 16.5. The van der Waals surface area contributed by atoms with E-state index in [1.165, 1.54) is 0 Å². The summed E-state index contributed by atoms with van der Waals surface area (Å²) in [7, 11) is 3.52. The summed E-state index contributed by atoms with van der Waals surface area (Å²) in [4.78, 5) is 17.0. The molecule has 0 saturated carbocycles. The minimum Gasteiger partial charge on any atom is -0.497 e. The molecule has 6 heteroatoms. The van der Waals surface area contributed by atoms with Crippen LogP contribution in [0.3, 0.4) is 0 Å². The van der Waals surface area contributed by atoms with E-state index in [-0.39, 0.29) is 5.91 Å². The number of ether oxygens (including phenoxy) is 1. The Kier molecular flexibility index (Phi) is 5.57. The summed E-state index contributed by atoms with van der Waals surface area (Å²) in [5, 5.41) is 7.10. The lowest BCUT2D eigenvalue weighted by Crippen LogP contribution is -2.22. The molecule has 0 aliphatic heterocycles. The molecule has 0 aliphatic rings. The van der Waals surface area contributed by atoms with Crippen molar-refractivity contribution in [3.8, 4) is 28.1 Å². The van der Waals surface area contributed by atoms with E-state index < -0.39 is 0 Å². The van der Waals surface area contributed by atoms with Gasteiger partial charge >= 0.3 is 0 Å². The summed E-state index contributed by atoms with van der Waals surface area (Å²) in [5.74, 6) is 0.681. The summed E-state index contributed by atoms with van der Waals surface area (Å²) in [6.45, 7) is 0.413. The van der Waals surface area contributed by atoms with Crippen LogP contribution >= 0.6 is 0 Å². The van der Waals surface area contributed by atoms with Crippen LogP contribution in [0.2, 0.25) is 0 Å². The predicted octanol–water partition coefficient (Wildman–Crippen LogP) is 4.09. The van der Waals surface area contributed by atoms with Gasteiger partial charge in [0, 0.05) is 37.1 Å².